The molecule has 0 aliphatic carbocycles. The maximum absolute atomic E-state index is 12.7. The molecule has 2 aromatic carbocycles. The van der Waals surface area contributed by atoms with Gasteiger partial charge in [0.25, 0.3) is 5.91 Å². The van der Waals surface area contributed by atoms with Crippen LogP contribution in [0.1, 0.15) is 16.9 Å². The predicted octanol–water partition coefficient (Wildman–Crippen LogP) is 5.31. The Kier molecular flexibility index (Phi) is 7.07. The second-order valence-electron chi connectivity index (χ2n) is 6.94. The Labute approximate surface area is 200 Å². The summed E-state index contributed by atoms with van der Waals surface area (Å²) in [5, 5.41) is 0. The Balaban J connectivity index is 1.36. The zero-order valence-electron chi connectivity index (χ0n) is 17.6. The Hall–Kier alpha value is -3.62. The molecule has 2 heterocycles. The highest BCUT2D eigenvalue weighted by atomic mass is 32.2. The van der Waals surface area contributed by atoms with Gasteiger partial charge in [-0.3, -0.25) is 9.69 Å². The largest absolute Gasteiger partial charge is 0.497 e. The lowest BCUT2D eigenvalue weighted by Gasteiger charge is -2.11. The van der Waals surface area contributed by atoms with Crippen LogP contribution in [0.2, 0.25) is 0 Å². The summed E-state index contributed by atoms with van der Waals surface area (Å²) in [5.41, 5.74) is 1.65. The normalized spacial score (nSPS) is 14.9. The average molecular weight is 478 g/mol. The van der Waals surface area contributed by atoms with Crippen molar-refractivity contribution >= 4 is 52.3 Å². The number of carbonyl (C=O) groups excluding carboxylic acids is 2. The van der Waals surface area contributed by atoms with E-state index in [4.69, 9.17) is 26.1 Å². The van der Waals surface area contributed by atoms with Gasteiger partial charge in [0.1, 0.15) is 21.6 Å². The second kappa shape index (κ2) is 10.3. The minimum absolute atomic E-state index is 0.166. The first-order chi connectivity index (χ1) is 16.0. The monoisotopic (exact) mass is 477 g/mol. The van der Waals surface area contributed by atoms with Crippen LogP contribution in [0.3, 0.4) is 0 Å². The van der Waals surface area contributed by atoms with E-state index in [9.17, 15) is 9.59 Å². The van der Waals surface area contributed by atoms with E-state index in [0.29, 0.717) is 27.3 Å². The highest BCUT2D eigenvalue weighted by Crippen LogP contribution is 2.33. The summed E-state index contributed by atoms with van der Waals surface area (Å²) in [4.78, 5) is 26.8. The maximum Gasteiger partial charge on any atom is 0.336 e. The minimum Gasteiger partial charge on any atom is -0.497 e. The SMILES string of the molecule is COc1ccc(C=CC(=O)Oc2ccc(C=C3SC(=S)N(Cc4ccco4)C3=O)cc2)cc1. The van der Waals surface area contributed by atoms with Crippen molar-refractivity contribution < 1.29 is 23.5 Å². The van der Waals surface area contributed by atoms with E-state index >= 15 is 0 Å². The fraction of sp³-hybridized carbons (Fsp3) is 0.0800. The molecule has 0 unspecified atom stereocenters. The summed E-state index contributed by atoms with van der Waals surface area (Å²) in [5.74, 6) is 1.16. The Bertz CT molecular complexity index is 1210. The summed E-state index contributed by atoms with van der Waals surface area (Å²) >= 11 is 6.59. The lowest BCUT2D eigenvalue weighted by atomic mass is 10.2. The maximum atomic E-state index is 12.7. The van der Waals surface area contributed by atoms with Crippen molar-refractivity contribution in [3.63, 3.8) is 0 Å². The third-order valence-corrected chi connectivity index (χ3v) is 6.07. The fourth-order valence-corrected chi connectivity index (χ4v) is 4.26. The third kappa shape index (κ3) is 5.79. The van der Waals surface area contributed by atoms with Crippen molar-refractivity contribution in [2.75, 3.05) is 7.11 Å². The van der Waals surface area contributed by atoms with Crippen LogP contribution in [0.15, 0.2) is 82.3 Å². The quantitative estimate of drug-likeness (QED) is 0.198. The smallest absolute Gasteiger partial charge is 0.336 e. The van der Waals surface area contributed by atoms with Gasteiger partial charge in [0.2, 0.25) is 0 Å². The van der Waals surface area contributed by atoms with Gasteiger partial charge in [0, 0.05) is 6.08 Å². The lowest BCUT2D eigenvalue weighted by Crippen LogP contribution is -2.27. The zero-order chi connectivity index (χ0) is 23.2. The van der Waals surface area contributed by atoms with Gasteiger partial charge in [0.15, 0.2) is 0 Å². The number of hydrogen-bond acceptors (Lipinski definition) is 7. The molecule has 1 aromatic heterocycles. The Morgan fingerprint density at radius 3 is 2.42 bits per heavy atom. The highest BCUT2D eigenvalue weighted by molar-refractivity contribution is 8.26. The van der Waals surface area contributed by atoms with E-state index in [1.807, 2.05) is 24.3 Å². The molecule has 3 aromatic rings. The van der Waals surface area contributed by atoms with Crippen LogP contribution in [0, 0.1) is 0 Å². The van der Waals surface area contributed by atoms with E-state index in [1.165, 1.54) is 22.7 Å². The van der Waals surface area contributed by atoms with Crippen molar-refractivity contribution in [3.05, 3.63) is 94.8 Å². The molecule has 1 aliphatic rings. The number of hydrogen-bond donors (Lipinski definition) is 0. The predicted molar refractivity (Wildman–Crippen MR) is 132 cm³/mol. The number of nitrogens with zero attached hydrogens (tertiary/aromatic N) is 1. The number of rotatable bonds is 7. The number of benzene rings is 2. The van der Waals surface area contributed by atoms with Gasteiger partial charge in [-0.2, -0.15) is 0 Å². The molecule has 0 N–H and O–H groups in total. The van der Waals surface area contributed by atoms with Gasteiger partial charge >= 0.3 is 5.97 Å². The van der Waals surface area contributed by atoms with Crippen molar-refractivity contribution in [2.45, 2.75) is 6.54 Å². The summed E-state index contributed by atoms with van der Waals surface area (Å²) in [6.07, 6.45) is 6.35. The number of esters is 1. The van der Waals surface area contributed by atoms with Gasteiger partial charge in [-0.15, -0.1) is 0 Å². The number of methoxy groups -OCH3 is 1. The van der Waals surface area contributed by atoms with Crippen LogP contribution < -0.4 is 9.47 Å². The number of amides is 1. The third-order valence-electron chi connectivity index (χ3n) is 4.69. The zero-order valence-corrected chi connectivity index (χ0v) is 19.2. The number of carbonyl (C=O) groups is 2. The molecule has 1 amide bonds. The molecule has 6 nitrogen and oxygen atoms in total. The van der Waals surface area contributed by atoms with E-state index in [2.05, 4.69) is 0 Å². The molecule has 0 radical (unpaired) electrons. The second-order valence-corrected chi connectivity index (χ2v) is 8.62. The van der Waals surface area contributed by atoms with E-state index in [0.717, 1.165) is 16.9 Å². The Morgan fingerprint density at radius 2 is 1.76 bits per heavy atom. The van der Waals surface area contributed by atoms with Gasteiger partial charge in [-0.05, 0) is 59.7 Å². The molecule has 33 heavy (non-hydrogen) atoms. The van der Waals surface area contributed by atoms with Crippen molar-refractivity contribution in [1.29, 1.82) is 0 Å². The molecule has 166 valence electrons. The fourth-order valence-electron chi connectivity index (χ4n) is 3.01. The van der Waals surface area contributed by atoms with Crippen molar-refractivity contribution in [3.8, 4) is 11.5 Å². The van der Waals surface area contributed by atoms with Crippen LogP contribution in [0.5, 0.6) is 11.5 Å². The molecule has 0 bridgehead atoms. The molecule has 1 fully saturated rings. The molecule has 8 heteroatoms. The first-order valence-corrected chi connectivity index (χ1v) is 11.2. The first kappa shape index (κ1) is 22.6. The van der Waals surface area contributed by atoms with E-state index in [1.54, 1.807) is 61.9 Å². The van der Waals surface area contributed by atoms with Crippen molar-refractivity contribution in [1.82, 2.24) is 4.90 Å². The highest BCUT2D eigenvalue weighted by Gasteiger charge is 2.32. The van der Waals surface area contributed by atoms with Crippen molar-refractivity contribution in [2.24, 2.45) is 0 Å². The Morgan fingerprint density at radius 1 is 1.06 bits per heavy atom. The average Bonchev–Trinajstić information content (AvgIpc) is 3.43. The molecule has 0 atom stereocenters. The number of thioether (sulfide) groups is 1. The molecular formula is C25H19NO5S2. The molecule has 0 saturated carbocycles. The van der Waals surface area contributed by atoms with Crippen LogP contribution in [0.4, 0.5) is 0 Å². The van der Waals surface area contributed by atoms with Crippen LogP contribution in [0.25, 0.3) is 12.2 Å². The molecular weight excluding hydrogens is 458 g/mol. The molecule has 1 saturated heterocycles. The van der Waals surface area contributed by atoms with Gasteiger partial charge in [-0.25, -0.2) is 4.79 Å². The topological polar surface area (TPSA) is 69.0 Å². The van der Waals surface area contributed by atoms with Gasteiger partial charge in [0.05, 0.1) is 24.8 Å². The van der Waals surface area contributed by atoms with Gasteiger partial charge in [-0.1, -0.05) is 48.2 Å². The van der Waals surface area contributed by atoms with Crippen LogP contribution >= 0.6 is 24.0 Å². The van der Waals surface area contributed by atoms with Crippen LogP contribution in [-0.2, 0) is 16.1 Å². The van der Waals surface area contributed by atoms with Gasteiger partial charge < -0.3 is 13.9 Å². The summed E-state index contributed by atoms with van der Waals surface area (Å²) < 4.78 is 16.2. The summed E-state index contributed by atoms with van der Waals surface area (Å²) in [6.45, 7) is 0.300. The summed E-state index contributed by atoms with van der Waals surface area (Å²) in [7, 11) is 1.60. The standard InChI is InChI=1S/C25H19NO5S2/c1-29-19-9-4-17(5-10-19)8-13-23(27)31-20-11-6-18(7-12-20)15-22-24(28)26(25(32)33-22)16-21-3-2-14-30-21/h2-15H,16H2,1H3. The van der Waals surface area contributed by atoms with E-state index in [-0.39, 0.29) is 5.91 Å². The summed E-state index contributed by atoms with van der Waals surface area (Å²) in [6, 6.07) is 17.8. The molecule has 4 rings (SSSR count). The number of ether oxygens (including phenoxy) is 2. The minimum atomic E-state index is -0.489. The number of thiocarbonyl (C=S) groups is 1. The molecule has 1 aliphatic heterocycles. The molecule has 0 spiro atoms. The van der Waals surface area contributed by atoms with E-state index < -0.39 is 5.97 Å². The first-order valence-electron chi connectivity index (χ1n) is 9.93. The number of furan rings is 1. The van der Waals surface area contributed by atoms with Crippen LogP contribution in [-0.4, -0.2) is 28.2 Å². The lowest BCUT2D eigenvalue weighted by molar-refractivity contribution is -0.129.